The van der Waals surface area contributed by atoms with Crippen molar-refractivity contribution < 1.29 is 19.5 Å². The Morgan fingerprint density at radius 2 is 2.11 bits per heavy atom. The number of halogens is 1. The Bertz CT molecular complexity index is 506. The van der Waals surface area contributed by atoms with E-state index in [0.717, 1.165) is 0 Å². The molecule has 7 nitrogen and oxygen atoms in total. The quantitative estimate of drug-likeness (QED) is 0.647. The fraction of sp³-hybridized carbons (Fsp3) is 0.273. The molecule has 2 amide bonds. The summed E-state index contributed by atoms with van der Waals surface area (Å²) in [5.41, 5.74) is 5.02. The molecule has 0 aliphatic heterocycles. The molecular weight excluding hydrogens is 318 g/mol. The van der Waals surface area contributed by atoms with E-state index in [1.807, 2.05) is 0 Å². The molecule has 1 atom stereocenters. The van der Waals surface area contributed by atoms with Gasteiger partial charge in [-0.15, -0.1) is 0 Å². The Hall–Kier alpha value is -1.96. The number of amides is 2. The van der Waals surface area contributed by atoms with Gasteiger partial charge in [-0.2, -0.15) is 0 Å². The molecule has 1 aromatic heterocycles. The van der Waals surface area contributed by atoms with Crippen molar-refractivity contribution in [3.05, 3.63) is 28.5 Å². The number of nitrogens with one attached hydrogen (secondary N) is 1. The van der Waals surface area contributed by atoms with Gasteiger partial charge in [-0.25, -0.2) is 9.78 Å². The second-order valence-corrected chi connectivity index (χ2v) is 4.53. The van der Waals surface area contributed by atoms with E-state index in [-0.39, 0.29) is 18.5 Å². The van der Waals surface area contributed by atoms with E-state index < -0.39 is 23.8 Å². The van der Waals surface area contributed by atoms with Crippen molar-refractivity contribution in [3.8, 4) is 0 Å². The molecule has 19 heavy (non-hydrogen) atoms. The molecule has 0 aliphatic carbocycles. The van der Waals surface area contributed by atoms with Gasteiger partial charge in [0.15, 0.2) is 0 Å². The van der Waals surface area contributed by atoms with E-state index in [1.165, 1.54) is 6.07 Å². The van der Waals surface area contributed by atoms with Gasteiger partial charge >= 0.3 is 5.97 Å². The summed E-state index contributed by atoms with van der Waals surface area (Å²) >= 11 is 3.11. The van der Waals surface area contributed by atoms with Crippen LogP contribution in [-0.2, 0) is 9.59 Å². The Morgan fingerprint density at radius 3 is 2.63 bits per heavy atom. The summed E-state index contributed by atoms with van der Waals surface area (Å²) in [5.74, 6) is -2.48. The van der Waals surface area contributed by atoms with E-state index in [1.54, 1.807) is 12.1 Å². The first kappa shape index (κ1) is 15.1. The van der Waals surface area contributed by atoms with Crippen molar-refractivity contribution in [1.29, 1.82) is 0 Å². The summed E-state index contributed by atoms with van der Waals surface area (Å²) in [7, 11) is 0. The summed E-state index contributed by atoms with van der Waals surface area (Å²) in [4.78, 5) is 37.3. The van der Waals surface area contributed by atoms with Crippen LogP contribution < -0.4 is 11.1 Å². The van der Waals surface area contributed by atoms with E-state index in [2.05, 4.69) is 26.2 Å². The van der Waals surface area contributed by atoms with Gasteiger partial charge in [0.05, 0.1) is 0 Å². The predicted molar refractivity (Wildman–Crippen MR) is 69.3 cm³/mol. The monoisotopic (exact) mass is 329 g/mol. The summed E-state index contributed by atoms with van der Waals surface area (Å²) in [6, 6.07) is 3.51. The smallest absolute Gasteiger partial charge is 0.326 e. The minimum Gasteiger partial charge on any atom is -0.480 e. The third-order valence-electron chi connectivity index (χ3n) is 2.23. The van der Waals surface area contributed by atoms with Gasteiger partial charge in [-0.3, -0.25) is 9.59 Å². The standard InChI is InChI=1S/C11H12BrN3O4/c12-8-3-1-2-6(14-8)10(17)15-7(11(18)19)4-5-9(13)16/h1-3,7H,4-5H2,(H2,13,16)(H,15,17)(H,18,19). The number of hydrogen-bond acceptors (Lipinski definition) is 4. The Morgan fingerprint density at radius 1 is 1.42 bits per heavy atom. The average Bonchev–Trinajstić information content (AvgIpc) is 2.33. The Balaban J connectivity index is 2.71. The minimum atomic E-state index is -1.23. The van der Waals surface area contributed by atoms with E-state index in [9.17, 15) is 14.4 Å². The van der Waals surface area contributed by atoms with Gasteiger partial charge in [0, 0.05) is 6.42 Å². The first-order valence-electron chi connectivity index (χ1n) is 5.34. The van der Waals surface area contributed by atoms with Crippen LogP contribution in [0.4, 0.5) is 0 Å². The van der Waals surface area contributed by atoms with Gasteiger partial charge in [0.2, 0.25) is 5.91 Å². The average molecular weight is 330 g/mol. The maximum absolute atomic E-state index is 11.8. The highest BCUT2D eigenvalue weighted by Crippen LogP contribution is 2.07. The normalized spacial score (nSPS) is 11.6. The van der Waals surface area contributed by atoms with Crippen molar-refractivity contribution in [1.82, 2.24) is 10.3 Å². The summed E-state index contributed by atoms with van der Waals surface area (Å²) in [6.07, 6.45) is -0.187. The van der Waals surface area contributed by atoms with Crippen LogP contribution >= 0.6 is 15.9 Å². The van der Waals surface area contributed by atoms with Crippen molar-refractivity contribution in [3.63, 3.8) is 0 Å². The van der Waals surface area contributed by atoms with E-state index >= 15 is 0 Å². The first-order valence-corrected chi connectivity index (χ1v) is 6.14. The van der Waals surface area contributed by atoms with E-state index in [4.69, 9.17) is 10.8 Å². The molecule has 0 saturated carbocycles. The third-order valence-corrected chi connectivity index (χ3v) is 2.67. The van der Waals surface area contributed by atoms with Gasteiger partial charge in [-0.05, 0) is 34.5 Å². The maximum atomic E-state index is 11.8. The number of primary amides is 1. The summed E-state index contributed by atoms with van der Waals surface area (Å²) in [6.45, 7) is 0. The van der Waals surface area contributed by atoms with Crippen LogP contribution in [0.25, 0.3) is 0 Å². The van der Waals surface area contributed by atoms with Crippen molar-refractivity contribution in [2.75, 3.05) is 0 Å². The molecule has 0 spiro atoms. The number of nitrogens with two attached hydrogens (primary N) is 1. The van der Waals surface area contributed by atoms with Crippen molar-refractivity contribution >= 4 is 33.7 Å². The van der Waals surface area contributed by atoms with Crippen LogP contribution in [0.5, 0.6) is 0 Å². The molecule has 0 saturated heterocycles. The van der Waals surface area contributed by atoms with Crippen molar-refractivity contribution in [2.24, 2.45) is 5.73 Å². The van der Waals surface area contributed by atoms with Gasteiger partial charge < -0.3 is 16.2 Å². The number of carboxylic acids is 1. The lowest BCUT2D eigenvalue weighted by molar-refractivity contribution is -0.139. The lowest BCUT2D eigenvalue weighted by Gasteiger charge is -2.13. The highest BCUT2D eigenvalue weighted by molar-refractivity contribution is 9.10. The number of aromatic nitrogens is 1. The summed E-state index contributed by atoms with van der Waals surface area (Å²) < 4.78 is 0.462. The molecule has 0 bridgehead atoms. The van der Waals surface area contributed by atoms with Crippen LogP contribution in [0.1, 0.15) is 23.3 Å². The van der Waals surface area contributed by atoms with Crippen LogP contribution in [0.3, 0.4) is 0 Å². The van der Waals surface area contributed by atoms with Crippen LogP contribution in [0, 0.1) is 0 Å². The third kappa shape index (κ3) is 5.04. The number of nitrogens with zero attached hydrogens (tertiary/aromatic N) is 1. The number of aliphatic carboxylic acids is 1. The Kier molecular flexibility index (Phi) is 5.43. The predicted octanol–water partition coefficient (Wildman–Crippen LogP) is 0.293. The highest BCUT2D eigenvalue weighted by Gasteiger charge is 2.21. The summed E-state index contributed by atoms with van der Waals surface area (Å²) in [5, 5.41) is 11.2. The minimum absolute atomic E-state index is 0.0651. The molecule has 0 radical (unpaired) electrons. The maximum Gasteiger partial charge on any atom is 0.326 e. The molecule has 102 valence electrons. The zero-order valence-electron chi connectivity index (χ0n) is 9.80. The zero-order chi connectivity index (χ0) is 14.4. The molecule has 0 aromatic carbocycles. The number of pyridine rings is 1. The number of carbonyl (C=O) groups is 3. The second kappa shape index (κ2) is 6.83. The second-order valence-electron chi connectivity index (χ2n) is 3.71. The van der Waals surface area contributed by atoms with E-state index in [0.29, 0.717) is 4.60 Å². The Labute approximate surface area is 117 Å². The number of rotatable bonds is 6. The molecule has 0 fully saturated rings. The topological polar surface area (TPSA) is 122 Å². The highest BCUT2D eigenvalue weighted by atomic mass is 79.9. The SMILES string of the molecule is NC(=O)CCC(NC(=O)c1cccc(Br)n1)C(=O)O. The largest absolute Gasteiger partial charge is 0.480 e. The molecule has 1 aromatic rings. The zero-order valence-corrected chi connectivity index (χ0v) is 11.4. The fourth-order valence-corrected chi connectivity index (χ4v) is 1.65. The van der Waals surface area contributed by atoms with Crippen LogP contribution in [0.15, 0.2) is 22.8 Å². The van der Waals surface area contributed by atoms with Gasteiger partial charge in [0.25, 0.3) is 5.91 Å². The first-order chi connectivity index (χ1) is 8.90. The molecule has 1 rings (SSSR count). The molecule has 1 heterocycles. The molecule has 1 unspecified atom stereocenters. The molecule has 4 N–H and O–H groups in total. The molecule has 0 aliphatic rings. The molecular formula is C11H12BrN3O4. The van der Waals surface area contributed by atoms with Crippen molar-refractivity contribution in [2.45, 2.75) is 18.9 Å². The van der Waals surface area contributed by atoms with Crippen LogP contribution in [0.2, 0.25) is 0 Å². The number of hydrogen-bond donors (Lipinski definition) is 3. The molecule has 8 heteroatoms. The number of carbonyl (C=O) groups excluding carboxylic acids is 2. The van der Waals surface area contributed by atoms with Gasteiger partial charge in [0.1, 0.15) is 16.3 Å². The fourth-order valence-electron chi connectivity index (χ4n) is 1.31. The van der Waals surface area contributed by atoms with Crippen LogP contribution in [-0.4, -0.2) is 33.9 Å². The lowest BCUT2D eigenvalue weighted by atomic mass is 10.1. The van der Waals surface area contributed by atoms with Gasteiger partial charge in [-0.1, -0.05) is 6.07 Å². The lowest BCUT2D eigenvalue weighted by Crippen LogP contribution is -2.41. The number of carboxylic acid groups (broad SMARTS) is 1.